The van der Waals surface area contributed by atoms with Crippen molar-refractivity contribution in [2.24, 2.45) is 5.92 Å². The smallest absolute Gasteiger partial charge is 0.349 e. The second-order valence-electron chi connectivity index (χ2n) is 10.1. The predicted molar refractivity (Wildman–Crippen MR) is 133 cm³/mol. The van der Waals surface area contributed by atoms with Crippen LogP contribution in [0.1, 0.15) is 64.2 Å². The van der Waals surface area contributed by atoms with Crippen molar-refractivity contribution < 1.29 is 14.6 Å². The van der Waals surface area contributed by atoms with Gasteiger partial charge in [-0.1, -0.05) is 76.7 Å². The van der Waals surface area contributed by atoms with Gasteiger partial charge in [-0.2, -0.15) is 0 Å². The van der Waals surface area contributed by atoms with Gasteiger partial charge >= 0.3 is 5.97 Å². The highest BCUT2D eigenvalue weighted by atomic mass is 32.2. The summed E-state index contributed by atoms with van der Waals surface area (Å²) >= 11 is 1.28. The highest BCUT2D eigenvalue weighted by Crippen LogP contribution is 2.45. The van der Waals surface area contributed by atoms with E-state index in [0.29, 0.717) is 12.8 Å². The van der Waals surface area contributed by atoms with Gasteiger partial charge in [0, 0.05) is 17.0 Å². The monoisotopic (exact) mass is 453 g/mol. The molecule has 0 saturated carbocycles. The molecular weight excluding hydrogens is 418 g/mol. The highest BCUT2D eigenvalue weighted by molar-refractivity contribution is 8.04. The molecule has 5 heteroatoms. The second kappa shape index (κ2) is 9.22. The van der Waals surface area contributed by atoms with E-state index in [4.69, 9.17) is 10.5 Å². The molecule has 4 nitrogen and oxygen atoms in total. The molecule has 1 atom stereocenters. The number of aliphatic hydroxyl groups is 1. The number of carbonyl (C=O) groups excluding carboxylic acids is 1. The fourth-order valence-electron chi connectivity index (χ4n) is 4.08. The molecule has 1 unspecified atom stereocenters. The maximum Gasteiger partial charge on any atom is 0.349 e. The van der Waals surface area contributed by atoms with E-state index in [1.54, 1.807) is 0 Å². The molecule has 2 aromatic rings. The number of rotatable bonds is 6. The SMILES string of the molecule is Cc1cc(SC2=C(O)CC(CCc3ccccc3)(C(C)C)OC2=O)c(C(C)(C)C)cc1N. The van der Waals surface area contributed by atoms with Crippen molar-refractivity contribution in [2.75, 3.05) is 5.73 Å². The van der Waals surface area contributed by atoms with E-state index in [9.17, 15) is 9.90 Å². The molecule has 1 aliphatic heterocycles. The minimum atomic E-state index is -0.717. The van der Waals surface area contributed by atoms with Crippen molar-refractivity contribution in [3.8, 4) is 0 Å². The normalized spacial score (nSPS) is 19.4. The number of esters is 1. The zero-order valence-corrected chi connectivity index (χ0v) is 20.8. The van der Waals surface area contributed by atoms with Gasteiger partial charge in [0.15, 0.2) is 0 Å². The van der Waals surface area contributed by atoms with Crippen molar-refractivity contribution >= 4 is 23.4 Å². The Hall–Kier alpha value is -2.40. The number of cyclic esters (lactones) is 1. The molecule has 0 amide bonds. The maximum absolute atomic E-state index is 13.2. The summed E-state index contributed by atoms with van der Waals surface area (Å²) in [7, 11) is 0. The Morgan fingerprint density at radius 1 is 1.19 bits per heavy atom. The first-order valence-electron chi connectivity index (χ1n) is 11.2. The summed E-state index contributed by atoms with van der Waals surface area (Å²) in [4.78, 5) is 14.4. The van der Waals surface area contributed by atoms with Crippen molar-refractivity contribution in [1.29, 1.82) is 0 Å². The molecule has 0 aliphatic carbocycles. The van der Waals surface area contributed by atoms with E-state index >= 15 is 0 Å². The Kier molecular flexibility index (Phi) is 6.99. The predicted octanol–water partition coefficient (Wildman–Crippen LogP) is 6.71. The molecule has 172 valence electrons. The molecule has 0 saturated heterocycles. The molecule has 1 aliphatic rings. The number of hydrogen-bond acceptors (Lipinski definition) is 5. The van der Waals surface area contributed by atoms with Gasteiger partial charge in [-0.05, 0) is 59.9 Å². The quantitative estimate of drug-likeness (QED) is 0.376. The molecule has 0 bridgehead atoms. The van der Waals surface area contributed by atoms with Gasteiger partial charge in [-0.25, -0.2) is 4.79 Å². The topological polar surface area (TPSA) is 72.5 Å². The van der Waals surface area contributed by atoms with E-state index in [-0.39, 0.29) is 22.0 Å². The van der Waals surface area contributed by atoms with Gasteiger partial charge in [0.1, 0.15) is 16.3 Å². The summed E-state index contributed by atoms with van der Waals surface area (Å²) in [6, 6.07) is 14.1. The largest absolute Gasteiger partial charge is 0.511 e. The molecule has 0 aromatic heterocycles. The van der Waals surface area contributed by atoms with Crippen LogP contribution in [0.15, 0.2) is 58.0 Å². The first-order chi connectivity index (χ1) is 14.9. The van der Waals surface area contributed by atoms with Crippen LogP contribution in [0.3, 0.4) is 0 Å². The first-order valence-corrected chi connectivity index (χ1v) is 12.0. The lowest BCUT2D eigenvalue weighted by atomic mass is 9.80. The third kappa shape index (κ3) is 5.15. The maximum atomic E-state index is 13.2. The highest BCUT2D eigenvalue weighted by Gasteiger charge is 2.44. The fraction of sp³-hybridized carbons (Fsp3) is 0.444. The van der Waals surface area contributed by atoms with Crippen molar-refractivity contribution in [1.82, 2.24) is 0 Å². The van der Waals surface area contributed by atoms with Gasteiger partial charge in [-0.15, -0.1) is 0 Å². The van der Waals surface area contributed by atoms with Crippen LogP contribution in [-0.2, 0) is 21.4 Å². The summed E-state index contributed by atoms with van der Waals surface area (Å²) in [5, 5.41) is 11.0. The molecule has 0 fully saturated rings. The summed E-state index contributed by atoms with van der Waals surface area (Å²) in [5.74, 6) is -0.259. The Labute approximate surface area is 196 Å². The number of benzene rings is 2. The zero-order valence-electron chi connectivity index (χ0n) is 20.0. The van der Waals surface area contributed by atoms with Crippen molar-refractivity contribution in [3.05, 3.63) is 69.8 Å². The standard InChI is InChI=1S/C27H35NO3S/c1-17(2)27(13-12-19-10-8-7-9-11-19)16-22(29)24(25(30)31-27)32-23-14-18(3)21(28)15-20(23)26(4,5)6/h7-11,14-15,17,29H,12-13,16,28H2,1-6H3. The fourth-order valence-corrected chi connectivity index (χ4v) is 5.32. The van der Waals surface area contributed by atoms with Crippen LogP contribution in [0.25, 0.3) is 0 Å². The minimum Gasteiger partial charge on any atom is -0.511 e. The van der Waals surface area contributed by atoms with Crippen LogP contribution >= 0.6 is 11.8 Å². The number of thioether (sulfide) groups is 1. The van der Waals surface area contributed by atoms with E-state index in [1.807, 2.05) is 51.1 Å². The third-order valence-electron chi connectivity index (χ3n) is 6.33. The number of hydrogen-bond donors (Lipinski definition) is 2. The number of anilines is 1. The molecule has 0 spiro atoms. The van der Waals surface area contributed by atoms with Crippen LogP contribution < -0.4 is 5.73 Å². The number of carbonyl (C=O) groups is 1. The number of ether oxygens (including phenoxy) is 1. The third-order valence-corrected chi connectivity index (χ3v) is 7.49. The van der Waals surface area contributed by atoms with Gasteiger partial charge in [0.05, 0.1) is 0 Å². The Balaban J connectivity index is 1.91. The van der Waals surface area contributed by atoms with Gasteiger partial charge in [0.25, 0.3) is 0 Å². The summed E-state index contributed by atoms with van der Waals surface area (Å²) in [6.45, 7) is 12.4. The van der Waals surface area contributed by atoms with Crippen LogP contribution in [0.5, 0.6) is 0 Å². The first kappa shape index (κ1) is 24.2. The van der Waals surface area contributed by atoms with E-state index in [1.165, 1.54) is 17.3 Å². The molecule has 32 heavy (non-hydrogen) atoms. The van der Waals surface area contributed by atoms with Crippen molar-refractivity contribution in [3.63, 3.8) is 0 Å². The average molecular weight is 454 g/mol. The van der Waals surface area contributed by atoms with Gasteiger partial charge < -0.3 is 15.6 Å². The van der Waals surface area contributed by atoms with E-state index in [0.717, 1.165) is 28.1 Å². The number of aliphatic hydroxyl groups excluding tert-OH is 1. The number of aryl methyl sites for hydroxylation is 2. The lowest BCUT2D eigenvalue weighted by molar-refractivity contribution is -0.164. The molecule has 0 radical (unpaired) electrons. The lowest BCUT2D eigenvalue weighted by Gasteiger charge is -2.40. The molecular formula is C27H35NO3S. The zero-order chi connectivity index (χ0) is 23.7. The number of nitrogens with two attached hydrogens (primary N) is 1. The van der Waals surface area contributed by atoms with Gasteiger partial charge in [-0.3, -0.25) is 0 Å². The molecule has 2 aromatic carbocycles. The Morgan fingerprint density at radius 2 is 1.84 bits per heavy atom. The minimum absolute atomic E-state index is 0.0766. The lowest BCUT2D eigenvalue weighted by Crippen LogP contribution is -2.44. The second-order valence-corrected chi connectivity index (χ2v) is 11.2. The Morgan fingerprint density at radius 3 is 2.41 bits per heavy atom. The Bertz CT molecular complexity index is 1020. The average Bonchev–Trinajstić information content (AvgIpc) is 2.71. The molecule has 1 heterocycles. The number of nitrogen functional groups attached to an aromatic ring is 1. The van der Waals surface area contributed by atoms with E-state index in [2.05, 4.69) is 32.9 Å². The van der Waals surface area contributed by atoms with Crippen LogP contribution in [-0.4, -0.2) is 16.7 Å². The van der Waals surface area contributed by atoms with Crippen LogP contribution in [0.2, 0.25) is 0 Å². The molecule has 3 N–H and O–H groups in total. The molecule has 3 rings (SSSR count). The van der Waals surface area contributed by atoms with Crippen LogP contribution in [0.4, 0.5) is 5.69 Å². The van der Waals surface area contributed by atoms with Crippen LogP contribution in [0, 0.1) is 12.8 Å². The summed E-state index contributed by atoms with van der Waals surface area (Å²) < 4.78 is 6.09. The van der Waals surface area contributed by atoms with Crippen molar-refractivity contribution in [2.45, 2.75) is 76.7 Å². The summed E-state index contributed by atoms with van der Waals surface area (Å²) in [6.07, 6.45) is 1.77. The van der Waals surface area contributed by atoms with E-state index < -0.39 is 11.6 Å². The summed E-state index contributed by atoms with van der Waals surface area (Å²) in [5.41, 5.74) is 9.20. The van der Waals surface area contributed by atoms with Gasteiger partial charge in [0.2, 0.25) is 0 Å².